The number of amides is 1. The molecule has 1 heterocycles. The van der Waals surface area contributed by atoms with Crippen LogP contribution in [0.2, 0.25) is 0 Å². The smallest absolute Gasteiger partial charge is 0.240 e. The molecule has 0 fully saturated rings. The van der Waals surface area contributed by atoms with Gasteiger partial charge in [0.25, 0.3) is 0 Å². The number of rotatable bonds is 8. The standard InChI is InChI=1S/C23H24N2O6S/c1-32(27,28)25(19-7-9-21-22(15-19)31-13-12-30-21)16-23(26)24-10-11-29-20-8-6-17-4-2-3-5-18(17)14-20/h2-9,14-15H,10-13,16H2,1H3,(H,24,26). The molecule has 8 nitrogen and oxygen atoms in total. The molecule has 0 saturated heterocycles. The van der Waals surface area contributed by atoms with Gasteiger partial charge in [0.05, 0.1) is 18.5 Å². The number of benzene rings is 3. The first-order chi connectivity index (χ1) is 15.4. The fraction of sp³-hybridized carbons (Fsp3) is 0.261. The summed E-state index contributed by atoms with van der Waals surface area (Å²) in [7, 11) is -3.69. The van der Waals surface area contributed by atoms with E-state index in [2.05, 4.69) is 5.32 Å². The van der Waals surface area contributed by atoms with Crippen molar-refractivity contribution >= 4 is 32.4 Å². The Balaban J connectivity index is 1.33. The van der Waals surface area contributed by atoms with Crippen molar-refractivity contribution in [2.75, 3.05) is 43.5 Å². The average molecular weight is 457 g/mol. The van der Waals surface area contributed by atoms with Crippen LogP contribution in [0.4, 0.5) is 5.69 Å². The first-order valence-corrected chi connectivity index (χ1v) is 12.0. The van der Waals surface area contributed by atoms with E-state index in [4.69, 9.17) is 14.2 Å². The van der Waals surface area contributed by atoms with Gasteiger partial charge in [0.15, 0.2) is 11.5 Å². The second-order valence-electron chi connectivity index (χ2n) is 7.30. The van der Waals surface area contributed by atoms with Gasteiger partial charge < -0.3 is 19.5 Å². The summed E-state index contributed by atoms with van der Waals surface area (Å²) in [6.07, 6.45) is 1.06. The molecule has 32 heavy (non-hydrogen) atoms. The lowest BCUT2D eigenvalue weighted by Gasteiger charge is -2.24. The number of carbonyl (C=O) groups is 1. The van der Waals surface area contributed by atoms with Gasteiger partial charge in [0, 0.05) is 6.07 Å². The predicted molar refractivity (Wildman–Crippen MR) is 122 cm³/mol. The van der Waals surface area contributed by atoms with Crippen molar-refractivity contribution in [1.82, 2.24) is 5.32 Å². The van der Waals surface area contributed by atoms with E-state index in [1.165, 1.54) is 0 Å². The van der Waals surface area contributed by atoms with Gasteiger partial charge in [-0.25, -0.2) is 8.42 Å². The largest absolute Gasteiger partial charge is 0.492 e. The zero-order chi connectivity index (χ0) is 22.6. The molecule has 0 saturated carbocycles. The van der Waals surface area contributed by atoms with Gasteiger partial charge in [-0.1, -0.05) is 30.3 Å². The third kappa shape index (κ3) is 5.23. The van der Waals surface area contributed by atoms with E-state index >= 15 is 0 Å². The number of carbonyl (C=O) groups excluding carboxylic acids is 1. The molecule has 3 aromatic carbocycles. The van der Waals surface area contributed by atoms with Gasteiger partial charge in [-0.3, -0.25) is 9.10 Å². The Morgan fingerprint density at radius 1 is 1.00 bits per heavy atom. The highest BCUT2D eigenvalue weighted by atomic mass is 32.2. The Morgan fingerprint density at radius 2 is 1.75 bits per heavy atom. The van der Waals surface area contributed by atoms with Crippen molar-refractivity contribution in [2.24, 2.45) is 0 Å². The molecule has 1 aliphatic rings. The second kappa shape index (κ2) is 9.35. The van der Waals surface area contributed by atoms with Crippen LogP contribution in [-0.2, 0) is 14.8 Å². The average Bonchev–Trinajstić information content (AvgIpc) is 2.79. The van der Waals surface area contributed by atoms with E-state index in [0.29, 0.717) is 36.1 Å². The van der Waals surface area contributed by atoms with Gasteiger partial charge in [-0.15, -0.1) is 0 Å². The summed E-state index contributed by atoms with van der Waals surface area (Å²) < 4.78 is 42.3. The Morgan fingerprint density at radius 3 is 2.53 bits per heavy atom. The minimum atomic E-state index is -3.69. The molecule has 0 unspecified atom stereocenters. The number of nitrogens with zero attached hydrogens (tertiary/aromatic N) is 1. The third-order valence-electron chi connectivity index (χ3n) is 4.92. The van der Waals surface area contributed by atoms with E-state index in [-0.39, 0.29) is 19.7 Å². The molecule has 1 aliphatic heterocycles. The van der Waals surface area contributed by atoms with Crippen LogP contribution >= 0.6 is 0 Å². The van der Waals surface area contributed by atoms with Gasteiger partial charge in [0.1, 0.15) is 32.1 Å². The molecule has 0 spiro atoms. The third-order valence-corrected chi connectivity index (χ3v) is 6.06. The summed E-state index contributed by atoms with van der Waals surface area (Å²) in [4.78, 5) is 12.4. The second-order valence-corrected chi connectivity index (χ2v) is 9.21. The van der Waals surface area contributed by atoms with Crippen LogP contribution in [0.1, 0.15) is 0 Å². The van der Waals surface area contributed by atoms with Crippen LogP contribution in [-0.4, -0.2) is 53.5 Å². The molecular formula is C23H24N2O6S. The van der Waals surface area contributed by atoms with E-state index in [9.17, 15) is 13.2 Å². The summed E-state index contributed by atoms with van der Waals surface area (Å²) in [5.41, 5.74) is 0.333. The SMILES string of the molecule is CS(=O)(=O)N(CC(=O)NCCOc1ccc2ccccc2c1)c1ccc2c(c1)OCCO2. The van der Waals surface area contributed by atoms with E-state index in [0.717, 1.165) is 21.3 Å². The normalized spacial score (nSPS) is 12.9. The van der Waals surface area contributed by atoms with E-state index in [1.807, 2.05) is 42.5 Å². The van der Waals surface area contributed by atoms with Crippen molar-refractivity contribution in [2.45, 2.75) is 0 Å². The Labute approximate surface area is 186 Å². The lowest BCUT2D eigenvalue weighted by Crippen LogP contribution is -2.41. The Bertz CT molecular complexity index is 1230. The zero-order valence-corrected chi connectivity index (χ0v) is 18.4. The molecule has 0 aromatic heterocycles. The van der Waals surface area contributed by atoms with Crippen molar-refractivity contribution in [3.63, 3.8) is 0 Å². The lowest BCUT2D eigenvalue weighted by molar-refractivity contribution is -0.119. The number of hydrogen-bond donors (Lipinski definition) is 1. The topological polar surface area (TPSA) is 94.2 Å². The van der Waals surface area contributed by atoms with Gasteiger partial charge in [0.2, 0.25) is 15.9 Å². The van der Waals surface area contributed by atoms with Crippen molar-refractivity contribution in [1.29, 1.82) is 0 Å². The lowest BCUT2D eigenvalue weighted by atomic mass is 10.1. The number of anilines is 1. The summed E-state index contributed by atoms with van der Waals surface area (Å²) in [5.74, 6) is 1.26. The molecular weight excluding hydrogens is 432 g/mol. The molecule has 0 bridgehead atoms. The maximum Gasteiger partial charge on any atom is 0.240 e. The summed E-state index contributed by atoms with van der Waals surface area (Å²) in [6, 6.07) is 18.5. The zero-order valence-electron chi connectivity index (χ0n) is 17.6. The van der Waals surface area contributed by atoms with E-state index < -0.39 is 15.9 Å². The maximum absolute atomic E-state index is 12.4. The fourth-order valence-electron chi connectivity index (χ4n) is 3.39. The molecule has 0 aliphatic carbocycles. The van der Waals surface area contributed by atoms with Gasteiger partial charge in [-0.05, 0) is 35.0 Å². The van der Waals surface area contributed by atoms with Crippen LogP contribution < -0.4 is 23.8 Å². The first kappa shape index (κ1) is 21.8. The molecule has 0 atom stereocenters. The highest BCUT2D eigenvalue weighted by Gasteiger charge is 2.23. The van der Waals surface area contributed by atoms with E-state index in [1.54, 1.807) is 18.2 Å². The molecule has 0 radical (unpaired) electrons. The number of hydrogen-bond acceptors (Lipinski definition) is 6. The Kier molecular flexibility index (Phi) is 6.36. The summed E-state index contributed by atoms with van der Waals surface area (Å²) in [5, 5.41) is 4.88. The summed E-state index contributed by atoms with van der Waals surface area (Å²) >= 11 is 0. The highest BCUT2D eigenvalue weighted by Crippen LogP contribution is 2.34. The predicted octanol–water partition coefficient (Wildman–Crippen LogP) is 2.57. The minimum Gasteiger partial charge on any atom is -0.492 e. The molecule has 1 amide bonds. The molecule has 3 aromatic rings. The van der Waals surface area contributed by atoms with Crippen LogP contribution in [0.25, 0.3) is 10.8 Å². The number of fused-ring (bicyclic) bond motifs is 2. The fourth-order valence-corrected chi connectivity index (χ4v) is 4.24. The highest BCUT2D eigenvalue weighted by molar-refractivity contribution is 7.92. The monoisotopic (exact) mass is 456 g/mol. The summed E-state index contributed by atoms with van der Waals surface area (Å²) in [6.45, 7) is 0.963. The van der Waals surface area contributed by atoms with Crippen LogP contribution in [0, 0.1) is 0 Å². The minimum absolute atomic E-state index is 0.240. The van der Waals surface area contributed by atoms with Gasteiger partial charge >= 0.3 is 0 Å². The molecule has 168 valence electrons. The molecule has 9 heteroatoms. The quantitative estimate of drug-likeness (QED) is 0.524. The molecule has 4 rings (SSSR count). The van der Waals surface area contributed by atoms with Crippen molar-refractivity contribution in [3.8, 4) is 17.2 Å². The van der Waals surface area contributed by atoms with Crippen molar-refractivity contribution < 1.29 is 27.4 Å². The Hall–Kier alpha value is -3.46. The number of nitrogens with one attached hydrogen (secondary N) is 1. The van der Waals surface area contributed by atoms with Crippen LogP contribution in [0.5, 0.6) is 17.2 Å². The first-order valence-electron chi connectivity index (χ1n) is 10.2. The molecule has 1 N–H and O–H groups in total. The van der Waals surface area contributed by atoms with Gasteiger partial charge in [-0.2, -0.15) is 0 Å². The van der Waals surface area contributed by atoms with Crippen molar-refractivity contribution in [3.05, 3.63) is 60.7 Å². The maximum atomic E-state index is 12.4. The van der Waals surface area contributed by atoms with Crippen LogP contribution in [0.3, 0.4) is 0 Å². The number of sulfonamides is 1. The van der Waals surface area contributed by atoms with Crippen LogP contribution in [0.15, 0.2) is 60.7 Å². The number of ether oxygens (including phenoxy) is 3.